The molecule has 1 aromatic heterocycles. The van der Waals surface area contributed by atoms with E-state index in [2.05, 4.69) is 54.1 Å². The average Bonchev–Trinajstić information content (AvgIpc) is 3.29. The van der Waals surface area contributed by atoms with Crippen molar-refractivity contribution in [1.82, 2.24) is 14.9 Å². The van der Waals surface area contributed by atoms with E-state index in [0.717, 1.165) is 48.4 Å². The highest BCUT2D eigenvalue weighted by Gasteiger charge is 2.12. The molecule has 4 aromatic rings. The maximum atomic E-state index is 12.6. The Morgan fingerprint density at radius 3 is 2.59 bits per heavy atom. The first-order valence-electron chi connectivity index (χ1n) is 13.2. The van der Waals surface area contributed by atoms with Gasteiger partial charge in [0, 0.05) is 25.1 Å². The summed E-state index contributed by atoms with van der Waals surface area (Å²) in [6, 6.07) is 23.9. The van der Waals surface area contributed by atoms with Crippen molar-refractivity contribution in [3.05, 3.63) is 89.7 Å². The fourth-order valence-electron chi connectivity index (χ4n) is 4.41. The van der Waals surface area contributed by atoms with Gasteiger partial charge in [-0.25, -0.2) is 4.98 Å². The summed E-state index contributed by atoms with van der Waals surface area (Å²) in [5.41, 5.74) is 4.05. The van der Waals surface area contributed by atoms with Crippen LogP contribution in [0.4, 0.5) is 0 Å². The Morgan fingerprint density at radius 1 is 1.00 bits per heavy atom. The monoisotopic (exact) mass is 499 g/mol. The zero-order valence-corrected chi connectivity index (χ0v) is 22.1. The molecule has 194 valence electrons. The van der Waals surface area contributed by atoms with Crippen LogP contribution in [0.3, 0.4) is 0 Å². The first-order valence-corrected chi connectivity index (χ1v) is 13.2. The molecule has 1 N–H and O–H groups in total. The molecule has 0 saturated carbocycles. The fraction of sp³-hybridized carbons (Fsp3) is 0.355. The van der Waals surface area contributed by atoms with E-state index in [1.54, 1.807) is 19.2 Å². The molecule has 0 aliphatic carbocycles. The molecule has 1 heterocycles. The van der Waals surface area contributed by atoms with E-state index < -0.39 is 0 Å². The number of ether oxygens (including phenoxy) is 2. The van der Waals surface area contributed by atoms with Crippen molar-refractivity contribution in [3.8, 4) is 11.5 Å². The van der Waals surface area contributed by atoms with Crippen molar-refractivity contribution in [2.45, 2.75) is 52.0 Å². The van der Waals surface area contributed by atoms with Gasteiger partial charge in [0.1, 0.15) is 17.3 Å². The molecule has 4 rings (SSSR count). The van der Waals surface area contributed by atoms with Crippen LogP contribution >= 0.6 is 0 Å². The Hall–Kier alpha value is -3.80. The molecule has 3 aromatic carbocycles. The molecule has 1 unspecified atom stereocenters. The van der Waals surface area contributed by atoms with Crippen molar-refractivity contribution < 1.29 is 14.3 Å². The molecular weight excluding hydrogens is 462 g/mol. The minimum Gasteiger partial charge on any atom is -0.497 e. The lowest BCUT2D eigenvalue weighted by atomic mass is 9.99. The van der Waals surface area contributed by atoms with Gasteiger partial charge in [-0.3, -0.25) is 4.79 Å². The predicted molar refractivity (Wildman–Crippen MR) is 149 cm³/mol. The lowest BCUT2D eigenvalue weighted by Gasteiger charge is -2.12. The third-order valence-electron chi connectivity index (χ3n) is 6.81. The Kier molecular flexibility index (Phi) is 9.19. The zero-order chi connectivity index (χ0) is 26.0. The summed E-state index contributed by atoms with van der Waals surface area (Å²) in [6.45, 7) is 6.51. The number of hydrogen-bond acceptors (Lipinski definition) is 4. The van der Waals surface area contributed by atoms with E-state index in [1.807, 2.05) is 30.3 Å². The molecule has 37 heavy (non-hydrogen) atoms. The van der Waals surface area contributed by atoms with Gasteiger partial charge < -0.3 is 19.4 Å². The molecular formula is C31H37N3O3. The number of aromatic nitrogens is 2. The molecule has 0 radical (unpaired) electrons. The minimum atomic E-state index is -0.115. The normalized spacial score (nSPS) is 11.9. The summed E-state index contributed by atoms with van der Waals surface area (Å²) < 4.78 is 13.5. The first-order chi connectivity index (χ1) is 18.1. The Labute approximate surface area is 219 Å². The Morgan fingerprint density at radius 2 is 1.81 bits per heavy atom. The van der Waals surface area contributed by atoms with Gasteiger partial charge in [0.15, 0.2) is 0 Å². The van der Waals surface area contributed by atoms with Gasteiger partial charge in [-0.15, -0.1) is 0 Å². The lowest BCUT2D eigenvalue weighted by molar-refractivity contribution is 0.0953. The maximum Gasteiger partial charge on any atom is 0.251 e. The van der Waals surface area contributed by atoms with Crippen LogP contribution in [0.15, 0.2) is 72.8 Å². The number of benzene rings is 3. The summed E-state index contributed by atoms with van der Waals surface area (Å²) in [4.78, 5) is 17.4. The number of unbranched alkanes of at least 4 members (excludes halogenated alkanes) is 1. The van der Waals surface area contributed by atoms with Gasteiger partial charge in [-0.1, -0.05) is 44.2 Å². The van der Waals surface area contributed by atoms with Gasteiger partial charge >= 0.3 is 0 Å². The van der Waals surface area contributed by atoms with Crippen molar-refractivity contribution in [3.63, 3.8) is 0 Å². The van der Waals surface area contributed by atoms with Crippen LogP contribution in [0.1, 0.15) is 60.8 Å². The van der Waals surface area contributed by atoms with Gasteiger partial charge in [0.25, 0.3) is 5.91 Å². The van der Waals surface area contributed by atoms with Gasteiger partial charge in [-0.2, -0.15) is 0 Å². The van der Waals surface area contributed by atoms with Crippen LogP contribution < -0.4 is 14.8 Å². The summed E-state index contributed by atoms with van der Waals surface area (Å²) >= 11 is 0. The van der Waals surface area contributed by atoms with Crippen LogP contribution in [-0.2, 0) is 13.0 Å². The van der Waals surface area contributed by atoms with Gasteiger partial charge in [0.2, 0.25) is 0 Å². The highest BCUT2D eigenvalue weighted by Crippen LogP contribution is 2.22. The maximum absolute atomic E-state index is 12.6. The van der Waals surface area contributed by atoms with Crippen LogP contribution in [-0.4, -0.2) is 35.7 Å². The topological polar surface area (TPSA) is 65.4 Å². The number of nitrogens with zero attached hydrogens (tertiary/aromatic N) is 2. The standard InChI is InChI=1S/C31H37N3O3/c1-4-23(2)24-14-16-26(17-15-24)37-21-8-7-20-34-29-13-6-5-12-28(29)33-30(34)18-19-32-31(35)25-10-9-11-27(22-25)36-3/h5-6,9-17,22-23H,4,7-8,18-21H2,1-3H3,(H,32,35). The second-order valence-corrected chi connectivity index (χ2v) is 9.34. The molecule has 0 aliphatic rings. The lowest BCUT2D eigenvalue weighted by Crippen LogP contribution is -2.26. The third-order valence-corrected chi connectivity index (χ3v) is 6.81. The first kappa shape index (κ1) is 26.3. The number of aryl methyl sites for hydroxylation is 1. The van der Waals surface area contributed by atoms with E-state index in [1.165, 1.54) is 5.56 Å². The smallest absolute Gasteiger partial charge is 0.251 e. The molecule has 6 nitrogen and oxygen atoms in total. The van der Waals surface area contributed by atoms with Crippen molar-refractivity contribution in [2.24, 2.45) is 0 Å². The summed E-state index contributed by atoms with van der Waals surface area (Å²) in [7, 11) is 1.60. The summed E-state index contributed by atoms with van der Waals surface area (Å²) in [5, 5.41) is 3.01. The molecule has 0 bridgehead atoms. The number of methoxy groups -OCH3 is 1. The van der Waals surface area contributed by atoms with Crippen molar-refractivity contribution in [2.75, 3.05) is 20.3 Å². The predicted octanol–water partition coefficient (Wildman–Crippen LogP) is 6.39. The highest BCUT2D eigenvalue weighted by atomic mass is 16.5. The molecule has 1 amide bonds. The number of fused-ring (bicyclic) bond motifs is 1. The largest absolute Gasteiger partial charge is 0.497 e. The fourth-order valence-corrected chi connectivity index (χ4v) is 4.41. The number of carbonyl (C=O) groups is 1. The SMILES string of the molecule is CCC(C)c1ccc(OCCCCn2c(CCNC(=O)c3cccc(OC)c3)nc3ccccc32)cc1. The molecule has 6 heteroatoms. The van der Waals surface area contributed by atoms with Crippen molar-refractivity contribution >= 4 is 16.9 Å². The summed E-state index contributed by atoms with van der Waals surface area (Å²) in [5.74, 6) is 3.03. The van der Waals surface area contributed by atoms with E-state index >= 15 is 0 Å². The third kappa shape index (κ3) is 6.91. The van der Waals surface area contributed by atoms with Crippen LogP contribution in [0.5, 0.6) is 11.5 Å². The van der Waals surface area contributed by atoms with E-state index in [-0.39, 0.29) is 5.91 Å². The van der Waals surface area contributed by atoms with Crippen LogP contribution in [0.25, 0.3) is 11.0 Å². The molecule has 0 spiro atoms. The number of rotatable bonds is 13. The van der Waals surface area contributed by atoms with Crippen molar-refractivity contribution in [1.29, 1.82) is 0 Å². The number of hydrogen-bond donors (Lipinski definition) is 1. The number of amides is 1. The van der Waals surface area contributed by atoms with E-state index in [9.17, 15) is 4.79 Å². The quantitative estimate of drug-likeness (QED) is 0.217. The summed E-state index contributed by atoms with van der Waals surface area (Å²) in [6.07, 6.45) is 3.73. The number of nitrogens with one attached hydrogen (secondary N) is 1. The molecule has 1 atom stereocenters. The second kappa shape index (κ2) is 12.9. The number of para-hydroxylation sites is 2. The van der Waals surface area contributed by atoms with Gasteiger partial charge in [-0.05, 0) is 73.2 Å². The van der Waals surface area contributed by atoms with Crippen LogP contribution in [0.2, 0.25) is 0 Å². The van der Waals surface area contributed by atoms with E-state index in [4.69, 9.17) is 14.5 Å². The Balaban J connectivity index is 1.30. The molecule has 0 saturated heterocycles. The highest BCUT2D eigenvalue weighted by molar-refractivity contribution is 5.94. The van der Waals surface area contributed by atoms with Gasteiger partial charge in [0.05, 0.1) is 24.8 Å². The average molecular weight is 500 g/mol. The Bertz CT molecular complexity index is 1300. The number of carbonyl (C=O) groups excluding carboxylic acids is 1. The minimum absolute atomic E-state index is 0.115. The van der Waals surface area contributed by atoms with Crippen LogP contribution in [0, 0.1) is 0 Å². The second-order valence-electron chi connectivity index (χ2n) is 9.34. The number of imidazole rings is 1. The molecule has 0 fully saturated rings. The zero-order valence-electron chi connectivity index (χ0n) is 22.1. The van der Waals surface area contributed by atoms with E-state index in [0.29, 0.717) is 36.8 Å². The molecule has 0 aliphatic heterocycles.